The maximum Gasteiger partial charge on any atom is 0.337 e. The summed E-state index contributed by atoms with van der Waals surface area (Å²) in [6.07, 6.45) is 1.12. The topological polar surface area (TPSA) is 49.8 Å². The van der Waals surface area contributed by atoms with E-state index in [1.807, 2.05) is 12.1 Å². The lowest BCUT2D eigenvalue weighted by Gasteiger charge is -2.54. The van der Waals surface area contributed by atoms with Crippen LogP contribution in [0.2, 0.25) is 0 Å². The van der Waals surface area contributed by atoms with Gasteiger partial charge in [0.15, 0.2) is 0 Å². The fourth-order valence-electron chi connectivity index (χ4n) is 2.61. The van der Waals surface area contributed by atoms with Crippen molar-refractivity contribution in [2.24, 2.45) is 0 Å². The van der Waals surface area contributed by atoms with Gasteiger partial charge < -0.3 is 14.7 Å². The number of para-hydroxylation sites is 1. The van der Waals surface area contributed by atoms with Gasteiger partial charge in [-0.2, -0.15) is 0 Å². The van der Waals surface area contributed by atoms with Gasteiger partial charge in [-0.1, -0.05) is 12.1 Å². The lowest BCUT2D eigenvalue weighted by atomic mass is 9.89. The van der Waals surface area contributed by atoms with E-state index in [9.17, 15) is 4.79 Å². The molecule has 1 aromatic rings. The number of benzene rings is 1. The Morgan fingerprint density at radius 2 is 2.00 bits per heavy atom. The summed E-state index contributed by atoms with van der Waals surface area (Å²) in [6, 6.07) is 7.91. The summed E-state index contributed by atoms with van der Waals surface area (Å²) in [5.74, 6) is -0.860. The highest BCUT2D eigenvalue weighted by atomic mass is 16.5. The van der Waals surface area contributed by atoms with Crippen molar-refractivity contribution in [1.29, 1.82) is 0 Å². The Morgan fingerprint density at radius 1 is 1.31 bits per heavy atom. The number of carbonyl (C=O) groups is 1. The first-order valence-corrected chi connectivity index (χ1v) is 5.46. The van der Waals surface area contributed by atoms with Gasteiger partial charge in [-0.3, -0.25) is 0 Å². The second-order valence-electron chi connectivity index (χ2n) is 4.31. The number of fused-ring (bicyclic) bond motifs is 2. The number of hydrogen-bond donors (Lipinski definition) is 1. The molecule has 3 rings (SSSR count). The van der Waals surface area contributed by atoms with Crippen LogP contribution in [0.1, 0.15) is 16.8 Å². The van der Waals surface area contributed by atoms with Crippen LogP contribution in [0.5, 0.6) is 0 Å². The second-order valence-corrected chi connectivity index (χ2v) is 4.31. The molecule has 2 fully saturated rings. The van der Waals surface area contributed by atoms with Crippen molar-refractivity contribution in [3.8, 4) is 0 Å². The third kappa shape index (κ3) is 1.30. The number of carboxylic acid groups (broad SMARTS) is 1. The van der Waals surface area contributed by atoms with Gasteiger partial charge in [0.05, 0.1) is 36.5 Å². The molecule has 0 aromatic heterocycles. The molecule has 0 spiro atoms. The third-order valence-electron chi connectivity index (χ3n) is 3.36. The van der Waals surface area contributed by atoms with Gasteiger partial charge in [0.2, 0.25) is 0 Å². The number of carboxylic acids is 1. The molecule has 2 atom stereocenters. The van der Waals surface area contributed by atoms with Gasteiger partial charge >= 0.3 is 5.97 Å². The van der Waals surface area contributed by atoms with E-state index in [-0.39, 0.29) is 0 Å². The molecule has 2 bridgehead atoms. The third-order valence-corrected chi connectivity index (χ3v) is 3.36. The van der Waals surface area contributed by atoms with Crippen LogP contribution in [0.25, 0.3) is 0 Å². The average molecular weight is 219 g/mol. The smallest absolute Gasteiger partial charge is 0.337 e. The summed E-state index contributed by atoms with van der Waals surface area (Å²) in [6.45, 7) is 1.43. The largest absolute Gasteiger partial charge is 0.478 e. The second kappa shape index (κ2) is 3.49. The fraction of sp³-hybridized carbons (Fsp3) is 0.417. The van der Waals surface area contributed by atoms with Gasteiger partial charge in [0.25, 0.3) is 0 Å². The standard InChI is InChI=1S/C12H13NO3/c14-12(15)10-3-1-2-4-11(10)13-8-5-9(13)7-16-6-8/h1-4,8-9H,5-7H2,(H,14,15). The van der Waals surface area contributed by atoms with E-state index in [4.69, 9.17) is 9.84 Å². The molecule has 0 saturated carbocycles. The average Bonchev–Trinajstić information content (AvgIpc) is 2.30. The van der Waals surface area contributed by atoms with Crippen LogP contribution >= 0.6 is 0 Å². The Labute approximate surface area is 93.4 Å². The molecular weight excluding hydrogens is 206 g/mol. The minimum Gasteiger partial charge on any atom is -0.478 e. The number of rotatable bonds is 2. The van der Waals surface area contributed by atoms with Gasteiger partial charge in [-0.15, -0.1) is 0 Å². The monoisotopic (exact) mass is 219 g/mol. The number of ether oxygens (including phenoxy) is 1. The van der Waals surface area contributed by atoms with Crippen LogP contribution in [0.15, 0.2) is 24.3 Å². The maximum atomic E-state index is 11.1. The summed E-state index contributed by atoms with van der Waals surface area (Å²) in [4.78, 5) is 13.3. The van der Waals surface area contributed by atoms with E-state index < -0.39 is 5.97 Å². The first-order chi connectivity index (χ1) is 7.77. The lowest BCUT2D eigenvalue weighted by molar-refractivity contribution is 0.0101. The minimum atomic E-state index is -0.860. The normalized spacial score (nSPS) is 27.4. The summed E-state index contributed by atoms with van der Waals surface area (Å²) in [5, 5.41) is 9.14. The van der Waals surface area contributed by atoms with Crippen molar-refractivity contribution >= 4 is 11.7 Å². The van der Waals surface area contributed by atoms with Gasteiger partial charge in [-0.25, -0.2) is 4.79 Å². The predicted molar refractivity (Wildman–Crippen MR) is 58.9 cm³/mol. The van der Waals surface area contributed by atoms with Crippen LogP contribution in [0, 0.1) is 0 Å². The minimum absolute atomic E-state index is 0.360. The van der Waals surface area contributed by atoms with Crippen LogP contribution in [0.3, 0.4) is 0 Å². The van der Waals surface area contributed by atoms with Crippen molar-refractivity contribution in [2.45, 2.75) is 18.5 Å². The van der Waals surface area contributed by atoms with Crippen molar-refractivity contribution in [3.63, 3.8) is 0 Å². The van der Waals surface area contributed by atoms with Crippen molar-refractivity contribution in [3.05, 3.63) is 29.8 Å². The zero-order valence-corrected chi connectivity index (χ0v) is 8.80. The summed E-state index contributed by atoms with van der Waals surface area (Å²) >= 11 is 0. The van der Waals surface area contributed by atoms with E-state index in [0.29, 0.717) is 30.9 Å². The Kier molecular flexibility index (Phi) is 2.11. The summed E-state index contributed by atoms with van der Waals surface area (Å²) in [7, 11) is 0. The maximum absolute atomic E-state index is 11.1. The van der Waals surface area contributed by atoms with Crippen molar-refractivity contribution in [2.75, 3.05) is 18.1 Å². The molecule has 4 nitrogen and oxygen atoms in total. The van der Waals surface area contributed by atoms with Crippen LogP contribution in [-0.2, 0) is 4.74 Å². The zero-order valence-electron chi connectivity index (χ0n) is 8.80. The van der Waals surface area contributed by atoms with E-state index >= 15 is 0 Å². The Morgan fingerprint density at radius 3 is 2.62 bits per heavy atom. The summed E-state index contributed by atoms with van der Waals surface area (Å²) in [5.41, 5.74) is 1.22. The van der Waals surface area contributed by atoms with Crippen molar-refractivity contribution < 1.29 is 14.6 Å². The van der Waals surface area contributed by atoms with Crippen molar-refractivity contribution in [1.82, 2.24) is 0 Å². The van der Waals surface area contributed by atoms with E-state index in [0.717, 1.165) is 12.1 Å². The molecule has 0 radical (unpaired) electrons. The molecule has 2 aliphatic rings. The highest BCUT2D eigenvalue weighted by Crippen LogP contribution is 2.37. The SMILES string of the molecule is O=C(O)c1ccccc1N1C2COCC1C2. The zero-order chi connectivity index (χ0) is 11.1. The molecule has 2 unspecified atom stereocenters. The molecule has 1 aromatic carbocycles. The first kappa shape index (κ1) is 9.66. The Balaban J connectivity index is 1.97. The van der Waals surface area contributed by atoms with E-state index in [1.54, 1.807) is 12.1 Å². The molecule has 1 N–H and O–H groups in total. The van der Waals surface area contributed by atoms with E-state index in [2.05, 4.69) is 4.90 Å². The fourth-order valence-corrected chi connectivity index (χ4v) is 2.61. The molecule has 4 heteroatoms. The van der Waals surface area contributed by atoms with Crippen LogP contribution in [-0.4, -0.2) is 36.4 Å². The number of morpholine rings is 1. The number of aromatic carboxylic acids is 1. The molecule has 2 aliphatic heterocycles. The van der Waals surface area contributed by atoms with Gasteiger partial charge in [-0.05, 0) is 18.6 Å². The molecule has 0 aliphatic carbocycles. The van der Waals surface area contributed by atoms with E-state index in [1.165, 1.54) is 0 Å². The summed E-state index contributed by atoms with van der Waals surface area (Å²) < 4.78 is 5.39. The molecular formula is C12H13NO3. The Bertz CT molecular complexity index is 418. The predicted octanol–water partition coefficient (Wildman–Crippen LogP) is 1.36. The highest BCUT2D eigenvalue weighted by molar-refractivity contribution is 5.94. The van der Waals surface area contributed by atoms with Gasteiger partial charge in [0.1, 0.15) is 0 Å². The van der Waals surface area contributed by atoms with Crippen LogP contribution < -0.4 is 4.90 Å². The number of hydrogen-bond acceptors (Lipinski definition) is 3. The first-order valence-electron chi connectivity index (χ1n) is 5.46. The Hall–Kier alpha value is -1.55. The molecule has 16 heavy (non-hydrogen) atoms. The number of anilines is 1. The molecule has 2 heterocycles. The molecule has 0 amide bonds. The molecule has 2 saturated heterocycles. The quantitative estimate of drug-likeness (QED) is 0.816. The number of nitrogens with zero attached hydrogens (tertiary/aromatic N) is 1. The highest BCUT2D eigenvalue weighted by Gasteiger charge is 2.43. The molecule has 84 valence electrons. The lowest BCUT2D eigenvalue weighted by Crippen LogP contribution is -2.64. The van der Waals surface area contributed by atoms with Crippen LogP contribution in [0.4, 0.5) is 5.69 Å². The van der Waals surface area contributed by atoms with Gasteiger partial charge in [0, 0.05) is 0 Å².